The Balaban J connectivity index is 2.99. The van der Waals surface area contributed by atoms with Gasteiger partial charge in [0.05, 0.1) is 0 Å². The Bertz CT molecular complexity index is 28.5. The summed E-state index contributed by atoms with van der Waals surface area (Å²) in [6, 6.07) is 0. The fraction of sp³-hybridized carbons (Fsp3) is 1.00. The largest absolute Gasteiger partial charge is 0.450 e. The Hall–Kier alpha value is 0.0249. The van der Waals surface area contributed by atoms with Gasteiger partial charge in [0.1, 0.15) is 0 Å². The van der Waals surface area contributed by atoms with E-state index in [1.54, 1.807) is 6.82 Å². The molecule has 0 amide bonds. The second-order valence-electron chi connectivity index (χ2n) is 1.98. The topological polar surface area (TPSA) is 20.2 Å². The van der Waals surface area contributed by atoms with Gasteiger partial charge in [-0.05, 0) is 5.82 Å². The lowest BCUT2D eigenvalue weighted by molar-refractivity contribution is 0.562. The molecule has 0 atom stereocenters. The Morgan fingerprint density at radius 1 is 1.50 bits per heavy atom. The van der Waals surface area contributed by atoms with Gasteiger partial charge in [0, 0.05) is 0 Å². The molecule has 0 heterocycles. The minimum absolute atomic E-state index is 0.148. The van der Waals surface area contributed by atoms with Gasteiger partial charge in [0.2, 0.25) is 0 Å². The van der Waals surface area contributed by atoms with Crippen LogP contribution in [0.25, 0.3) is 0 Å². The van der Waals surface area contributed by atoms with E-state index in [1.165, 1.54) is 0 Å². The molecule has 0 bridgehead atoms. The number of hydrogen-bond donors (Lipinski definition) is 1. The molecule has 0 aliphatic rings. The monoisotopic (exact) mass is 86.1 g/mol. The summed E-state index contributed by atoms with van der Waals surface area (Å²) in [4.78, 5) is 0. The Morgan fingerprint density at radius 3 is 1.67 bits per heavy atom. The normalized spacial score (nSPS) is 9.50. The molecule has 2 heteroatoms. The quantitative estimate of drug-likeness (QED) is 0.472. The highest BCUT2D eigenvalue weighted by molar-refractivity contribution is 6.50. The van der Waals surface area contributed by atoms with Crippen LogP contribution in [-0.4, -0.2) is 11.9 Å². The predicted molar refractivity (Wildman–Crippen MR) is 28.9 cm³/mol. The Labute approximate surface area is 39.5 Å². The molecule has 0 aliphatic carbocycles. The Kier molecular flexibility index (Phi) is 2.25. The van der Waals surface area contributed by atoms with E-state index in [-0.39, 0.29) is 6.92 Å². The third-order valence-corrected chi connectivity index (χ3v) is 0.965. The van der Waals surface area contributed by atoms with Gasteiger partial charge in [-0.2, -0.15) is 0 Å². The molecule has 0 aromatic carbocycles. The van der Waals surface area contributed by atoms with Gasteiger partial charge >= 0.3 is 0 Å². The molecule has 0 aliphatic heterocycles. The minimum Gasteiger partial charge on any atom is -0.450 e. The van der Waals surface area contributed by atoms with E-state index >= 15 is 0 Å². The first-order valence-corrected chi connectivity index (χ1v) is 2.32. The van der Waals surface area contributed by atoms with Crippen LogP contribution in [-0.2, 0) is 0 Å². The lowest BCUT2D eigenvalue weighted by atomic mass is 9.61. The molecular weight excluding hydrogens is 74.9 g/mol. The lowest BCUT2D eigenvalue weighted by Crippen LogP contribution is -2.08. The van der Waals surface area contributed by atoms with E-state index < -0.39 is 0 Å². The molecule has 6 heavy (non-hydrogen) atoms. The zero-order chi connectivity index (χ0) is 5.15. The summed E-state index contributed by atoms with van der Waals surface area (Å²) in [5.41, 5.74) is 0. The van der Waals surface area contributed by atoms with Crippen molar-refractivity contribution in [1.29, 1.82) is 0 Å². The summed E-state index contributed by atoms with van der Waals surface area (Å²) in [5.74, 6) is 0.407. The van der Waals surface area contributed by atoms with Crippen LogP contribution >= 0.6 is 0 Å². The van der Waals surface area contributed by atoms with Crippen molar-refractivity contribution in [3.63, 3.8) is 0 Å². The zero-order valence-electron chi connectivity index (χ0n) is 4.60. The van der Waals surface area contributed by atoms with E-state index in [0.29, 0.717) is 5.82 Å². The van der Waals surface area contributed by atoms with Crippen molar-refractivity contribution < 1.29 is 5.02 Å². The van der Waals surface area contributed by atoms with Crippen molar-refractivity contribution in [2.75, 3.05) is 0 Å². The van der Waals surface area contributed by atoms with Gasteiger partial charge < -0.3 is 5.02 Å². The van der Waals surface area contributed by atoms with Crippen LogP contribution in [0.5, 0.6) is 0 Å². The standard InChI is InChI=1S/C4H11BO/c1-4(2)5(3)6/h4,6H,1-3H3. The molecule has 0 aromatic rings. The molecule has 1 N–H and O–H groups in total. The summed E-state index contributed by atoms with van der Waals surface area (Å²) < 4.78 is 0. The molecule has 0 unspecified atom stereocenters. The SMILES string of the molecule is CB(O)C(C)C. The molecule has 36 valence electrons. The van der Waals surface area contributed by atoms with Crippen molar-refractivity contribution in [3.8, 4) is 0 Å². The lowest BCUT2D eigenvalue weighted by Gasteiger charge is -1.99. The van der Waals surface area contributed by atoms with Gasteiger partial charge in [-0.3, -0.25) is 0 Å². The highest BCUT2D eigenvalue weighted by Gasteiger charge is 2.05. The third kappa shape index (κ3) is 2.27. The average molecular weight is 85.9 g/mol. The summed E-state index contributed by atoms with van der Waals surface area (Å²) in [6.07, 6.45) is 0. The van der Waals surface area contributed by atoms with E-state index in [9.17, 15) is 0 Å². The zero-order valence-corrected chi connectivity index (χ0v) is 4.60. The molecule has 0 aromatic heterocycles. The smallest absolute Gasteiger partial charge is 0.288 e. The van der Waals surface area contributed by atoms with Crippen molar-refractivity contribution in [2.45, 2.75) is 26.5 Å². The number of rotatable bonds is 1. The molecule has 0 fully saturated rings. The van der Waals surface area contributed by atoms with Gasteiger partial charge in [-0.1, -0.05) is 20.7 Å². The van der Waals surface area contributed by atoms with Crippen LogP contribution in [0.15, 0.2) is 0 Å². The van der Waals surface area contributed by atoms with Crippen molar-refractivity contribution in [2.24, 2.45) is 0 Å². The number of hydrogen-bond acceptors (Lipinski definition) is 1. The molecule has 0 radical (unpaired) electrons. The summed E-state index contributed by atoms with van der Waals surface area (Å²) in [6.45, 7) is 5.63. The molecule has 0 spiro atoms. The average Bonchev–Trinajstić information content (AvgIpc) is 1.36. The molecule has 1 nitrogen and oxygen atoms in total. The summed E-state index contributed by atoms with van der Waals surface area (Å²) in [7, 11) is 0. The molecular formula is C4H11BO. The molecule has 0 rings (SSSR count). The Morgan fingerprint density at radius 2 is 1.67 bits per heavy atom. The highest BCUT2D eigenvalue weighted by Crippen LogP contribution is 2.01. The van der Waals surface area contributed by atoms with Crippen molar-refractivity contribution in [1.82, 2.24) is 0 Å². The predicted octanol–water partition coefficient (Wildman–Crippen LogP) is 1.01. The maximum absolute atomic E-state index is 8.63. The van der Waals surface area contributed by atoms with Crippen LogP contribution in [0.3, 0.4) is 0 Å². The van der Waals surface area contributed by atoms with Crippen LogP contribution in [0, 0.1) is 0 Å². The van der Waals surface area contributed by atoms with Gasteiger partial charge in [-0.25, -0.2) is 0 Å². The first kappa shape index (κ1) is 6.02. The maximum atomic E-state index is 8.63. The summed E-state index contributed by atoms with van der Waals surface area (Å²) >= 11 is 0. The van der Waals surface area contributed by atoms with Gasteiger partial charge in [-0.15, -0.1) is 0 Å². The first-order valence-electron chi connectivity index (χ1n) is 2.32. The van der Waals surface area contributed by atoms with E-state index in [0.717, 1.165) is 0 Å². The second kappa shape index (κ2) is 2.24. The van der Waals surface area contributed by atoms with E-state index in [1.807, 2.05) is 13.8 Å². The first-order chi connectivity index (χ1) is 2.64. The van der Waals surface area contributed by atoms with Gasteiger partial charge in [0.25, 0.3) is 6.92 Å². The van der Waals surface area contributed by atoms with E-state index in [4.69, 9.17) is 5.02 Å². The van der Waals surface area contributed by atoms with Crippen molar-refractivity contribution >= 4 is 6.92 Å². The van der Waals surface area contributed by atoms with Crippen molar-refractivity contribution in [3.05, 3.63) is 0 Å². The fourth-order valence-corrected chi connectivity index (χ4v) is 0. The van der Waals surface area contributed by atoms with Crippen LogP contribution < -0.4 is 0 Å². The fourth-order valence-electron chi connectivity index (χ4n) is 0. The molecule has 0 saturated carbocycles. The summed E-state index contributed by atoms with van der Waals surface area (Å²) in [5, 5.41) is 8.63. The van der Waals surface area contributed by atoms with Crippen LogP contribution in [0.1, 0.15) is 13.8 Å². The second-order valence-corrected chi connectivity index (χ2v) is 1.98. The van der Waals surface area contributed by atoms with E-state index in [2.05, 4.69) is 0 Å². The minimum atomic E-state index is -0.148. The maximum Gasteiger partial charge on any atom is 0.288 e. The highest BCUT2D eigenvalue weighted by atomic mass is 16.2. The third-order valence-electron chi connectivity index (χ3n) is 0.965. The molecule has 0 saturated heterocycles. The van der Waals surface area contributed by atoms with Crippen LogP contribution in [0.2, 0.25) is 12.6 Å². The van der Waals surface area contributed by atoms with Crippen LogP contribution in [0.4, 0.5) is 0 Å². The van der Waals surface area contributed by atoms with Gasteiger partial charge in [0.15, 0.2) is 0 Å².